The van der Waals surface area contributed by atoms with Crippen LogP contribution in [0.3, 0.4) is 0 Å². The molecule has 4 N–H and O–H groups in total. The molecule has 0 aliphatic rings. The number of nitrogens with two attached hydrogens (primary N) is 2. The number of anilines is 1. The maximum Gasteiger partial charge on any atom is 0.240 e. The van der Waals surface area contributed by atoms with Crippen molar-refractivity contribution < 1.29 is 4.74 Å². The summed E-state index contributed by atoms with van der Waals surface area (Å²) in [4.78, 5) is 0. The molecule has 0 aliphatic carbocycles. The van der Waals surface area contributed by atoms with Crippen molar-refractivity contribution in [2.75, 3.05) is 11.6 Å². The van der Waals surface area contributed by atoms with E-state index in [1.165, 1.54) is 4.68 Å². The molecule has 0 bridgehead atoms. The van der Waals surface area contributed by atoms with Crippen molar-refractivity contribution in [3.8, 4) is 5.75 Å². The van der Waals surface area contributed by atoms with Crippen LogP contribution in [0.2, 0.25) is 5.02 Å². The van der Waals surface area contributed by atoms with Gasteiger partial charge in [0.25, 0.3) is 0 Å². The normalized spacial score (nSPS) is 10.3. The lowest BCUT2D eigenvalue weighted by atomic mass is 10.3. The van der Waals surface area contributed by atoms with Crippen molar-refractivity contribution in [1.29, 1.82) is 0 Å². The Labute approximate surface area is 96.7 Å². The van der Waals surface area contributed by atoms with Gasteiger partial charge in [0.15, 0.2) is 5.82 Å². The van der Waals surface area contributed by atoms with E-state index >= 15 is 0 Å². The molecule has 0 saturated carbocycles. The highest BCUT2D eigenvalue weighted by atomic mass is 35.5. The molecule has 7 heteroatoms. The third-order valence-electron chi connectivity index (χ3n) is 1.97. The van der Waals surface area contributed by atoms with Crippen molar-refractivity contribution in [2.24, 2.45) is 0 Å². The topological polar surface area (TPSA) is 92.0 Å². The Kier molecular flexibility index (Phi) is 2.82. The largest absolute Gasteiger partial charge is 0.486 e. The molecule has 0 radical (unpaired) electrons. The molecule has 16 heavy (non-hydrogen) atoms. The molecule has 0 aliphatic heterocycles. The first-order valence-corrected chi connectivity index (χ1v) is 4.88. The van der Waals surface area contributed by atoms with Gasteiger partial charge in [-0.05, 0) is 24.3 Å². The Hall–Kier alpha value is -1.95. The van der Waals surface area contributed by atoms with E-state index in [0.717, 1.165) is 0 Å². The number of aromatic nitrogens is 3. The molecule has 0 atom stereocenters. The summed E-state index contributed by atoms with van der Waals surface area (Å²) in [7, 11) is 0. The monoisotopic (exact) mass is 239 g/mol. The molecule has 1 aromatic carbocycles. The summed E-state index contributed by atoms with van der Waals surface area (Å²) >= 11 is 5.74. The second-order valence-electron chi connectivity index (χ2n) is 3.09. The van der Waals surface area contributed by atoms with Gasteiger partial charge < -0.3 is 16.3 Å². The average molecular weight is 240 g/mol. The highest BCUT2D eigenvalue weighted by molar-refractivity contribution is 6.30. The first-order chi connectivity index (χ1) is 7.66. The molecule has 0 fully saturated rings. The van der Waals surface area contributed by atoms with E-state index in [2.05, 4.69) is 10.2 Å². The second kappa shape index (κ2) is 4.28. The SMILES string of the molecule is Nc1nnc(COc2ccc(Cl)cc2)n1N. The number of nitrogens with zero attached hydrogens (tertiary/aromatic N) is 3. The van der Waals surface area contributed by atoms with Crippen LogP contribution in [0.15, 0.2) is 24.3 Å². The van der Waals surface area contributed by atoms with Gasteiger partial charge in [-0.1, -0.05) is 11.6 Å². The zero-order chi connectivity index (χ0) is 11.5. The van der Waals surface area contributed by atoms with Crippen LogP contribution in [0.4, 0.5) is 5.95 Å². The van der Waals surface area contributed by atoms with E-state index in [0.29, 0.717) is 16.6 Å². The maximum atomic E-state index is 5.74. The minimum atomic E-state index is 0.148. The average Bonchev–Trinajstić information content (AvgIpc) is 2.60. The van der Waals surface area contributed by atoms with E-state index in [-0.39, 0.29) is 12.6 Å². The Morgan fingerprint density at radius 1 is 1.25 bits per heavy atom. The summed E-state index contributed by atoms with van der Waals surface area (Å²) in [6.45, 7) is 0.197. The molecular weight excluding hydrogens is 230 g/mol. The van der Waals surface area contributed by atoms with Crippen molar-refractivity contribution in [3.63, 3.8) is 0 Å². The lowest BCUT2D eigenvalue weighted by Gasteiger charge is -2.05. The molecule has 6 nitrogen and oxygen atoms in total. The third-order valence-corrected chi connectivity index (χ3v) is 2.23. The minimum Gasteiger partial charge on any atom is -0.486 e. The van der Waals surface area contributed by atoms with Gasteiger partial charge in [-0.2, -0.15) is 0 Å². The predicted octanol–water partition coefficient (Wildman–Crippen LogP) is 0.806. The summed E-state index contributed by atoms with van der Waals surface area (Å²) in [5, 5.41) is 8.02. The molecule has 0 amide bonds. The Morgan fingerprint density at radius 2 is 1.94 bits per heavy atom. The molecule has 0 unspecified atom stereocenters. The van der Waals surface area contributed by atoms with E-state index in [1.54, 1.807) is 24.3 Å². The Balaban J connectivity index is 2.02. The second-order valence-corrected chi connectivity index (χ2v) is 3.52. The molecule has 1 heterocycles. The Bertz CT molecular complexity index is 481. The molecule has 1 aromatic heterocycles. The van der Waals surface area contributed by atoms with Gasteiger partial charge in [0, 0.05) is 5.02 Å². The first kappa shape index (κ1) is 10.6. The van der Waals surface area contributed by atoms with Gasteiger partial charge in [0.1, 0.15) is 12.4 Å². The summed E-state index contributed by atoms with van der Waals surface area (Å²) < 4.78 is 6.60. The van der Waals surface area contributed by atoms with Crippen molar-refractivity contribution in [1.82, 2.24) is 14.9 Å². The molecule has 0 saturated heterocycles. The number of ether oxygens (including phenoxy) is 1. The van der Waals surface area contributed by atoms with Gasteiger partial charge in [0.05, 0.1) is 0 Å². The highest BCUT2D eigenvalue weighted by Crippen LogP contribution is 2.16. The maximum absolute atomic E-state index is 5.74. The van der Waals surface area contributed by atoms with E-state index < -0.39 is 0 Å². The summed E-state index contributed by atoms with van der Waals surface area (Å²) in [5.74, 6) is 6.83. The van der Waals surface area contributed by atoms with E-state index in [4.69, 9.17) is 27.9 Å². The fraction of sp³-hybridized carbons (Fsp3) is 0.111. The smallest absolute Gasteiger partial charge is 0.240 e. The quantitative estimate of drug-likeness (QED) is 0.774. The molecule has 84 valence electrons. The zero-order valence-electron chi connectivity index (χ0n) is 8.30. The predicted molar refractivity (Wildman–Crippen MR) is 60.4 cm³/mol. The van der Waals surface area contributed by atoms with Crippen LogP contribution in [-0.2, 0) is 6.61 Å². The fourth-order valence-electron chi connectivity index (χ4n) is 1.11. The van der Waals surface area contributed by atoms with Gasteiger partial charge in [0.2, 0.25) is 5.95 Å². The Morgan fingerprint density at radius 3 is 2.50 bits per heavy atom. The zero-order valence-corrected chi connectivity index (χ0v) is 9.05. The highest BCUT2D eigenvalue weighted by Gasteiger charge is 2.06. The van der Waals surface area contributed by atoms with Crippen molar-refractivity contribution in [2.45, 2.75) is 6.61 Å². The van der Waals surface area contributed by atoms with Gasteiger partial charge in [-0.3, -0.25) is 0 Å². The number of halogens is 1. The number of benzene rings is 1. The summed E-state index contributed by atoms with van der Waals surface area (Å²) in [6, 6.07) is 6.97. The summed E-state index contributed by atoms with van der Waals surface area (Å²) in [6.07, 6.45) is 0. The summed E-state index contributed by atoms with van der Waals surface area (Å²) in [5.41, 5.74) is 5.42. The fourth-order valence-corrected chi connectivity index (χ4v) is 1.24. The van der Waals surface area contributed by atoms with Crippen molar-refractivity contribution in [3.05, 3.63) is 35.1 Å². The van der Waals surface area contributed by atoms with E-state index in [9.17, 15) is 0 Å². The molecule has 2 rings (SSSR count). The van der Waals surface area contributed by atoms with Crippen LogP contribution in [0.5, 0.6) is 5.75 Å². The van der Waals surface area contributed by atoms with Gasteiger partial charge in [-0.15, -0.1) is 10.2 Å². The number of rotatable bonds is 3. The van der Waals surface area contributed by atoms with Crippen LogP contribution >= 0.6 is 11.6 Å². The van der Waals surface area contributed by atoms with Crippen LogP contribution < -0.4 is 16.3 Å². The van der Waals surface area contributed by atoms with Crippen LogP contribution in [0.1, 0.15) is 5.82 Å². The standard InChI is InChI=1S/C9H10ClN5O/c10-6-1-3-7(4-2-6)16-5-8-13-14-9(11)15(8)12/h1-4H,5,12H2,(H2,11,14). The molecule has 0 spiro atoms. The molecular formula is C9H10ClN5O. The van der Waals surface area contributed by atoms with Gasteiger partial charge in [-0.25, -0.2) is 4.68 Å². The minimum absolute atomic E-state index is 0.148. The van der Waals surface area contributed by atoms with Crippen LogP contribution in [-0.4, -0.2) is 14.9 Å². The number of hydrogen-bond acceptors (Lipinski definition) is 5. The number of hydrogen-bond donors (Lipinski definition) is 2. The van der Waals surface area contributed by atoms with Crippen LogP contribution in [0, 0.1) is 0 Å². The van der Waals surface area contributed by atoms with E-state index in [1.807, 2.05) is 0 Å². The third kappa shape index (κ3) is 2.17. The van der Waals surface area contributed by atoms with Crippen molar-refractivity contribution >= 4 is 17.5 Å². The molecule has 2 aromatic rings. The lowest BCUT2D eigenvalue weighted by Crippen LogP contribution is -2.16. The number of nitrogen functional groups attached to an aromatic ring is 2. The first-order valence-electron chi connectivity index (χ1n) is 4.50. The van der Waals surface area contributed by atoms with Crippen LogP contribution in [0.25, 0.3) is 0 Å². The van der Waals surface area contributed by atoms with Gasteiger partial charge >= 0.3 is 0 Å². The lowest BCUT2D eigenvalue weighted by molar-refractivity contribution is 0.292.